The minimum absolute atomic E-state index is 0.110. The number of amides is 1. The third kappa shape index (κ3) is 3.79. The first-order valence-corrected chi connectivity index (χ1v) is 11.8. The number of hydrogen-bond acceptors (Lipinski definition) is 5. The number of rotatable bonds is 5. The molecule has 0 fully saturated rings. The summed E-state index contributed by atoms with van der Waals surface area (Å²) < 4.78 is 28.0. The third-order valence-corrected chi connectivity index (χ3v) is 6.75. The number of benzene rings is 3. The summed E-state index contributed by atoms with van der Waals surface area (Å²) in [7, 11) is 3.22. The zero-order valence-electron chi connectivity index (χ0n) is 20.2. The highest BCUT2D eigenvalue weighted by atomic mass is 19.1. The van der Waals surface area contributed by atoms with E-state index in [-0.39, 0.29) is 30.3 Å². The average molecular weight is 499 g/mol. The van der Waals surface area contributed by atoms with Gasteiger partial charge in [0.2, 0.25) is 11.7 Å². The van der Waals surface area contributed by atoms with Crippen molar-refractivity contribution in [3.8, 4) is 11.5 Å². The minimum Gasteiger partial charge on any atom is -0.493 e. The molecule has 1 N–H and O–H groups in total. The fraction of sp³-hybridized carbons (Fsp3) is 0.179. The van der Waals surface area contributed by atoms with E-state index in [1.165, 1.54) is 23.8 Å². The van der Waals surface area contributed by atoms with Gasteiger partial charge >= 0.3 is 0 Å². The maximum Gasteiger partial charge on any atom is 0.260 e. The summed E-state index contributed by atoms with van der Waals surface area (Å²) in [6, 6.07) is 19.0. The van der Waals surface area contributed by atoms with E-state index in [9.17, 15) is 14.0 Å². The Morgan fingerprint density at radius 2 is 1.84 bits per heavy atom. The van der Waals surface area contributed by atoms with Crippen molar-refractivity contribution in [1.29, 1.82) is 0 Å². The van der Waals surface area contributed by atoms with E-state index < -0.39 is 5.92 Å². The van der Waals surface area contributed by atoms with Gasteiger partial charge in [-0.2, -0.15) is 0 Å². The molecule has 9 heteroatoms. The van der Waals surface area contributed by atoms with E-state index >= 15 is 0 Å². The molecule has 186 valence electrons. The predicted molar refractivity (Wildman–Crippen MR) is 137 cm³/mol. The molecule has 1 aliphatic heterocycles. The molecule has 5 aromatic rings. The summed E-state index contributed by atoms with van der Waals surface area (Å²) in [5.74, 6) is 0.859. The zero-order chi connectivity index (χ0) is 25.7. The quantitative estimate of drug-likeness (QED) is 0.389. The van der Waals surface area contributed by atoms with E-state index in [1.54, 1.807) is 31.3 Å². The monoisotopic (exact) mass is 498 g/mol. The van der Waals surface area contributed by atoms with Crippen LogP contribution in [0, 0.1) is 5.82 Å². The van der Waals surface area contributed by atoms with Gasteiger partial charge in [-0.15, -0.1) is 0 Å². The highest BCUT2D eigenvalue weighted by molar-refractivity contribution is 5.96. The van der Waals surface area contributed by atoms with Crippen LogP contribution < -0.4 is 20.3 Å². The first-order valence-electron chi connectivity index (χ1n) is 11.8. The number of ether oxygens (including phenoxy) is 2. The fourth-order valence-electron chi connectivity index (χ4n) is 4.91. The molecule has 37 heavy (non-hydrogen) atoms. The minimum atomic E-state index is -0.493. The smallest absolute Gasteiger partial charge is 0.260 e. The van der Waals surface area contributed by atoms with Crippen LogP contribution >= 0.6 is 0 Å². The maximum atomic E-state index is 13.6. The number of anilines is 1. The normalized spacial score (nSPS) is 15.0. The fourth-order valence-corrected chi connectivity index (χ4v) is 4.91. The van der Waals surface area contributed by atoms with Crippen LogP contribution in [0.2, 0.25) is 0 Å². The van der Waals surface area contributed by atoms with E-state index in [4.69, 9.17) is 9.47 Å². The number of nitrogens with zero attached hydrogens (tertiary/aromatic N) is 3. The summed E-state index contributed by atoms with van der Waals surface area (Å²) in [6.45, 7) is 0.233. The second kappa shape index (κ2) is 8.77. The van der Waals surface area contributed by atoms with Crippen LogP contribution in [0.3, 0.4) is 0 Å². The van der Waals surface area contributed by atoms with Crippen LogP contribution in [0.15, 0.2) is 71.5 Å². The predicted octanol–water partition coefficient (Wildman–Crippen LogP) is 4.39. The molecular weight excluding hydrogens is 475 g/mol. The van der Waals surface area contributed by atoms with Gasteiger partial charge in [0.05, 0.1) is 23.7 Å². The molecule has 1 aliphatic rings. The van der Waals surface area contributed by atoms with Crippen molar-refractivity contribution in [2.45, 2.75) is 18.9 Å². The Kier molecular flexibility index (Phi) is 5.40. The standard InChI is InChI=1S/C28H23FN4O4/c1-32-27(35)25-19(14-24(34)31-26(25)33-21-6-4-3-5-20(21)30-28(32)33)17-9-12-22(23(13-17)36-2)37-15-16-7-10-18(29)11-8-16/h3-13,19H,14-15H2,1-2H3,(H,31,34)/t19-/m1/s1. The van der Waals surface area contributed by atoms with Crippen molar-refractivity contribution in [3.05, 3.63) is 99.6 Å². The Balaban J connectivity index is 1.44. The number of aryl methyl sites for hydroxylation is 1. The van der Waals surface area contributed by atoms with Crippen molar-refractivity contribution in [1.82, 2.24) is 14.0 Å². The molecule has 0 saturated heterocycles. The van der Waals surface area contributed by atoms with Gasteiger partial charge in [0.1, 0.15) is 18.2 Å². The molecule has 2 aromatic heterocycles. The van der Waals surface area contributed by atoms with Gasteiger partial charge in [-0.1, -0.05) is 30.3 Å². The van der Waals surface area contributed by atoms with Crippen molar-refractivity contribution >= 4 is 28.5 Å². The third-order valence-electron chi connectivity index (χ3n) is 6.75. The lowest BCUT2D eigenvalue weighted by atomic mass is 9.86. The molecule has 0 spiro atoms. The van der Waals surface area contributed by atoms with E-state index in [0.717, 1.165) is 22.2 Å². The van der Waals surface area contributed by atoms with Crippen molar-refractivity contribution < 1.29 is 18.7 Å². The molecule has 0 bridgehead atoms. The van der Waals surface area contributed by atoms with Crippen molar-refractivity contribution in [3.63, 3.8) is 0 Å². The number of imidazole rings is 1. The lowest BCUT2D eigenvalue weighted by molar-refractivity contribution is -0.116. The Bertz CT molecular complexity index is 1740. The summed E-state index contributed by atoms with van der Waals surface area (Å²) in [6.07, 6.45) is 0.110. The van der Waals surface area contributed by atoms with Crippen LogP contribution in [0.5, 0.6) is 11.5 Å². The molecule has 3 heterocycles. The van der Waals surface area contributed by atoms with Gasteiger partial charge in [-0.25, -0.2) is 9.37 Å². The lowest BCUT2D eigenvalue weighted by Gasteiger charge is -2.27. The van der Waals surface area contributed by atoms with Gasteiger partial charge in [-0.05, 0) is 47.5 Å². The number of para-hydroxylation sites is 2. The van der Waals surface area contributed by atoms with Gasteiger partial charge in [0, 0.05) is 19.4 Å². The van der Waals surface area contributed by atoms with E-state index in [0.29, 0.717) is 28.7 Å². The van der Waals surface area contributed by atoms with Crippen molar-refractivity contribution in [2.75, 3.05) is 12.4 Å². The SMILES string of the molecule is COc1cc([C@H]2CC(=O)Nc3c2c(=O)n(C)c2nc4ccccc4n32)ccc1OCc1ccc(F)cc1. The zero-order valence-corrected chi connectivity index (χ0v) is 20.2. The molecule has 0 unspecified atom stereocenters. The van der Waals surface area contributed by atoms with Crippen LogP contribution in [-0.2, 0) is 18.4 Å². The van der Waals surface area contributed by atoms with E-state index in [1.807, 2.05) is 34.7 Å². The largest absolute Gasteiger partial charge is 0.493 e. The molecule has 0 saturated carbocycles. The summed E-state index contributed by atoms with van der Waals surface area (Å²) >= 11 is 0. The molecule has 1 atom stereocenters. The van der Waals surface area contributed by atoms with Crippen LogP contribution in [-0.4, -0.2) is 27.0 Å². The number of nitrogens with one attached hydrogen (secondary N) is 1. The summed E-state index contributed by atoms with van der Waals surface area (Å²) in [5.41, 5.74) is 3.35. The molecule has 0 aliphatic carbocycles. The number of aromatic nitrogens is 3. The topological polar surface area (TPSA) is 86.9 Å². The Morgan fingerprint density at radius 3 is 2.62 bits per heavy atom. The molecule has 3 aromatic carbocycles. The molecule has 1 amide bonds. The Hall–Kier alpha value is -4.66. The average Bonchev–Trinajstić information content (AvgIpc) is 3.31. The van der Waals surface area contributed by atoms with Crippen molar-refractivity contribution in [2.24, 2.45) is 7.05 Å². The van der Waals surface area contributed by atoms with Gasteiger partial charge in [-0.3, -0.25) is 18.6 Å². The first-order chi connectivity index (χ1) is 17.9. The number of fused-ring (bicyclic) bond motifs is 5. The van der Waals surface area contributed by atoms with Gasteiger partial charge in [0.25, 0.3) is 5.56 Å². The second-order valence-electron chi connectivity index (χ2n) is 8.99. The van der Waals surface area contributed by atoms with Crippen LogP contribution in [0.4, 0.5) is 10.2 Å². The molecule has 8 nitrogen and oxygen atoms in total. The van der Waals surface area contributed by atoms with Gasteiger partial charge in [0.15, 0.2) is 11.5 Å². The van der Waals surface area contributed by atoms with Crippen LogP contribution in [0.1, 0.15) is 29.0 Å². The molecule has 0 radical (unpaired) electrons. The number of halogens is 1. The lowest BCUT2D eigenvalue weighted by Crippen LogP contribution is -2.35. The Morgan fingerprint density at radius 1 is 1.05 bits per heavy atom. The second-order valence-corrected chi connectivity index (χ2v) is 8.99. The maximum absolute atomic E-state index is 13.6. The highest BCUT2D eigenvalue weighted by Gasteiger charge is 2.33. The number of carbonyl (C=O) groups excluding carboxylic acids is 1. The van der Waals surface area contributed by atoms with Crippen LogP contribution in [0.25, 0.3) is 16.8 Å². The van der Waals surface area contributed by atoms with E-state index in [2.05, 4.69) is 10.3 Å². The van der Waals surface area contributed by atoms with Gasteiger partial charge < -0.3 is 14.8 Å². The highest BCUT2D eigenvalue weighted by Crippen LogP contribution is 2.39. The summed E-state index contributed by atoms with van der Waals surface area (Å²) in [5, 5.41) is 2.92. The number of methoxy groups -OCH3 is 1. The first kappa shape index (κ1) is 22.8. The Labute approximate surface area is 210 Å². The summed E-state index contributed by atoms with van der Waals surface area (Å²) in [4.78, 5) is 31.1. The number of hydrogen-bond donors (Lipinski definition) is 1. The molecular formula is C28H23FN4O4. The molecule has 6 rings (SSSR count). The number of carbonyl (C=O) groups is 1.